The molecule has 29 heavy (non-hydrogen) atoms. The lowest BCUT2D eigenvalue weighted by atomic mass is 10.0. The standard InChI is InChI=1S/C21H27FN2O4S/c1-15(2)19-7-5-6-8-20(19)28-14-13-23-21(25)16(3)24(29(4,26)27)18-11-9-17(22)10-12-18/h5-12,15-16H,13-14H2,1-4H3,(H,23,25). The molecule has 0 spiro atoms. The summed E-state index contributed by atoms with van der Waals surface area (Å²) >= 11 is 0. The van der Waals surface area contributed by atoms with Gasteiger partial charge >= 0.3 is 0 Å². The molecular weight excluding hydrogens is 395 g/mol. The minimum Gasteiger partial charge on any atom is -0.491 e. The van der Waals surface area contributed by atoms with E-state index in [-0.39, 0.29) is 18.8 Å². The van der Waals surface area contributed by atoms with Crippen molar-refractivity contribution in [3.05, 3.63) is 59.9 Å². The first kappa shape index (κ1) is 22.7. The van der Waals surface area contributed by atoms with E-state index in [1.54, 1.807) is 0 Å². The third-order valence-corrected chi connectivity index (χ3v) is 5.61. The van der Waals surface area contributed by atoms with Gasteiger partial charge in [0, 0.05) is 0 Å². The molecule has 1 atom stereocenters. The number of hydrogen-bond acceptors (Lipinski definition) is 4. The number of nitrogens with zero attached hydrogens (tertiary/aromatic N) is 1. The molecule has 0 bridgehead atoms. The Labute approximate surface area is 171 Å². The van der Waals surface area contributed by atoms with E-state index in [4.69, 9.17) is 4.74 Å². The van der Waals surface area contributed by atoms with Gasteiger partial charge in [-0.1, -0.05) is 32.0 Å². The van der Waals surface area contributed by atoms with Crippen LogP contribution in [-0.2, 0) is 14.8 Å². The number of benzene rings is 2. The fourth-order valence-electron chi connectivity index (χ4n) is 2.97. The monoisotopic (exact) mass is 422 g/mol. The van der Waals surface area contributed by atoms with E-state index in [2.05, 4.69) is 19.2 Å². The Kier molecular flexibility index (Phi) is 7.61. The number of sulfonamides is 1. The van der Waals surface area contributed by atoms with Crippen LogP contribution in [0.15, 0.2) is 48.5 Å². The predicted octanol–water partition coefficient (Wildman–Crippen LogP) is 3.30. The minimum atomic E-state index is -3.75. The van der Waals surface area contributed by atoms with Crippen LogP contribution in [-0.4, -0.2) is 39.8 Å². The van der Waals surface area contributed by atoms with Crippen LogP contribution in [0.5, 0.6) is 5.75 Å². The lowest BCUT2D eigenvalue weighted by molar-refractivity contribution is -0.121. The summed E-state index contributed by atoms with van der Waals surface area (Å²) in [5, 5.41) is 2.69. The Bertz CT molecular complexity index is 930. The van der Waals surface area contributed by atoms with Crippen LogP contribution >= 0.6 is 0 Å². The molecule has 2 aromatic rings. The zero-order chi connectivity index (χ0) is 21.6. The number of para-hydroxylation sites is 1. The van der Waals surface area contributed by atoms with Crippen molar-refractivity contribution >= 4 is 21.6 Å². The molecule has 2 aromatic carbocycles. The van der Waals surface area contributed by atoms with Crippen LogP contribution in [0.4, 0.5) is 10.1 Å². The molecule has 0 radical (unpaired) electrons. The first-order valence-corrected chi connectivity index (χ1v) is 11.2. The number of rotatable bonds is 9. The van der Waals surface area contributed by atoms with Crippen LogP contribution in [0.25, 0.3) is 0 Å². The fraction of sp³-hybridized carbons (Fsp3) is 0.381. The number of amides is 1. The van der Waals surface area contributed by atoms with Crippen LogP contribution in [0, 0.1) is 5.82 Å². The predicted molar refractivity (Wildman–Crippen MR) is 112 cm³/mol. The van der Waals surface area contributed by atoms with Crippen molar-refractivity contribution in [3.63, 3.8) is 0 Å². The Morgan fingerprint density at radius 2 is 1.72 bits per heavy atom. The second-order valence-corrected chi connectivity index (χ2v) is 8.90. The number of nitrogens with one attached hydrogen (secondary N) is 1. The molecule has 1 amide bonds. The van der Waals surface area contributed by atoms with E-state index in [9.17, 15) is 17.6 Å². The second-order valence-electron chi connectivity index (χ2n) is 7.04. The Balaban J connectivity index is 1.99. The molecular formula is C21H27FN2O4S. The molecule has 0 aliphatic rings. The number of anilines is 1. The summed E-state index contributed by atoms with van der Waals surface area (Å²) in [6.07, 6.45) is 1.01. The van der Waals surface area contributed by atoms with Gasteiger partial charge in [0.25, 0.3) is 0 Å². The zero-order valence-electron chi connectivity index (χ0n) is 17.1. The van der Waals surface area contributed by atoms with Crippen molar-refractivity contribution in [2.24, 2.45) is 0 Å². The molecule has 0 aromatic heterocycles. The van der Waals surface area contributed by atoms with E-state index in [0.29, 0.717) is 5.92 Å². The highest BCUT2D eigenvalue weighted by Gasteiger charge is 2.28. The molecule has 2 rings (SSSR count). The van der Waals surface area contributed by atoms with E-state index >= 15 is 0 Å². The topological polar surface area (TPSA) is 75.7 Å². The lowest BCUT2D eigenvalue weighted by Gasteiger charge is -2.28. The van der Waals surface area contributed by atoms with Crippen LogP contribution in [0.2, 0.25) is 0 Å². The van der Waals surface area contributed by atoms with Crippen molar-refractivity contribution in [1.29, 1.82) is 0 Å². The van der Waals surface area contributed by atoms with Gasteiger partial charge in [-0.05, 0) is 48.7 Å². The molecule has 1 N–H and O–H groups in total. The number of ether oxygens (including phenoxy) is 1. The largest absolute Gasteiger partial charge is 0.491 e. The maximum Gasteiger partial charge on any atom is 0.243 e. The smallest absolute Gasteiger partial charge is 0.243 e. The maximum absolute atomic E-state index is 13.2. The maximum atomic E-state index is 13.2. The molecule has 1 unspecified atom stereocenters. The van der Waals surface area contributed by atoms with E-state index < -0.39 is 27.8 Å². The first-order chi connectivity index (χ1) is 13.6. The number of carbonyl (C=O) groups excluding carboxylic acids is 1. The molecule has 6 nitrogen and oxygen atoms in total. The minimum absolute atomic E-state index is 0.219. The summed E-state index contributed by atoms with van der Waals surface area (Å²) in [6.45, 7) is 6.09. The van der Waals surface area contributed by atoms with Gasteiger partial charge < -0.3 is 10.1 Å². The first-order valence-electron chi connectivity index (χ1n) is 9.35. The van der Waals surface area contributed by atoms with Crippen molar-refractivity contribution in [2.45, 2.75) is 32.7 Å². The summed E-state index contributed by atoms with van der Waals surface area (Å²) in [5.41, 5.74) is 1.30. The average molecular weight is 423 g/mol. The van der Waals surface area contributed by atoms with Crippen molar-refractivity contribution in [3.8, 4) is 5.75 Å². The van der Waals surface area contributed by atoms with Crippen molar-refractivity contribution < 1.29 is 22.3 Å². The summed E-state index contributed by atoms with van der Waals surface area (Å²) in [4.78, 5) is 12.5. The SMILES string of the molecule is CC(C)c1ccccc1OCCNC(=O)C(C)N(c1ccc(F)cc1)S(C)(=O)=O. The molecule has 0 heterocycles. The number of carbonyl (C=O) groups is 1. The summed E-state index contributed by atoms with van der Waals surface area (Å²) in [7, 11) is -3.75. The Morgan fingerprint density at radius 1 is 1.10 bits per heavy atom. The van der Waals surface area contributed by atoms with Gasteiger partial charge in [-0.25, -0.2) is 12.8 Å². The van der Waals surface area contributed by atoms with E-state index in [1.165, 1.54) is 19.1 Å². The van der Waals surface area contributed by atoms with Gasteiger partial charge in [0.05, 0.1) is 18.5 Å². The summed E-state index contributed by atoms with van der Waals surface area (Å²) < 4.78 is 44.3. The van der Waals surface area contributed by atoms with Gasteiger partial charge in [-0.2, -0.15) is 0 Å². The average Bonchev–Trinajstić information content (AvgIpc) is 2.65. The molecule has 0 aliphatic carbocycles. The third kappa shape index (κ3) is 6.19. The van der Waals surface area contributed by atoms with Crippen LogP contribution < -0.4 is 14.4 Å². The van der Waals surface area contributed by atoms with Gasteiger partial charge in [0.15, 0.2) is 0 Å². The van der Waals surface area contributed by atoms with E-state index in [0.717, 1.165) is 34.0 Å². The summed E-state index contributed by atoms with van der Waals surface area (Å²) in [6, 6.07) is 11.6. The quantitative estimate of drug-likeness (QED) is 0.629. The fourth-order valence-corrected chi connectivity index (χ4v) is 4.14. The van der Waals surface area contributed by atoms with Gasteiger partial charge in [0.1, 0.15) is 24.2 Å². The van der Waals surface area contributed by atoms with Crippen molar-refractivity contribution in [1.82, 2.24) is 5.32 Å². The molecule has 0 saturated heterocycles. The highest BCUT2D eigenvalue weighted by atomic mass is 32.2. The normalized spacial score (nSPS) is 12.5. The highest BCUT2D eigenvalue weighted by Crippen LogP contribution is 2.25. The van der Waals surface area contributed by atoms with Gasteiger partial charge in [-0.3, -0.25) is 9.10 Å². The third-order valence-electron chi connectivity index (χ3n) is 4.37. The van der Waals surface area contributed by atoms with E-state index in [1.807, 2.05) is 24.3 Å². The molecule has 8 heteroatoms. The summed E-state index contributed by atoms with van der Waals surface area (Å²) in [5.74, 6) is 0.104. The molecule has 158 valence electrons. The second kappa shape index (κ2) is 9.73. The molecule has 0 fully saturated rings. The number of halogens is 1. The lowest BCUT2D eigenvalue weighted by Crippen LogP contribution is -2.48. The van der Waals surface area contributed by atoms with Crippen LogP contribution in [0.3, 0.4) is 0 Å². The van der Waals surface area contributed by atoms with Crippen molar-refractivity contribution in [2.75, 3.05) is 23.7 Å². The molecule has 0 aliphatic heterocycles. The van der Waals surface area contributed by atoms with Gasteiger partial charge in [0.2, 0.25) is 15.9 Å². The zero-order valence-corrected chi connectivity index (χ0v) is 17.9. The van der Waals surface area contributed by atoms with Crippen LogP contribution in [0.1, 0.15) is 32.3 Å². The Morgan fingerprint density at radius 3 is 2.31 bits per heavy atom. The van der Waals surface area contributed by atoms with Gasteiger partial charge in [-0.15, -0.1) is 0 Å². The Hall–Kier alpha value is -2.61. The number of hydrogen-bond donors (Lipinski definition) is 1. The highest BCUT2D eigenvalue weighted by molar-refractivity contribution is 7.92. The molecule has 0 saturated carbocycles.